The lowest BCUT2D eigenvalue weighted by atomic mass is 10.1. The maximum atomic E-state index is 12.4. The Morgan fingerprint density at radius 1 is 1.32 bits per heavy atom. The summed E-state index contributed by atoms with van der Waals surface area (Å²) in [4.78, 5) is 41.5. The molecule has 2 aromatic rings. The van der Waals surface area contributed by atoms with Gasteiger partial charge in [0.1, 0.15) is 11.4 Å². The van der Waals surface area contributed by atoms with Gasteiger partial charge in [-0.1, -0.05) is 0 Å². The number of Topliss-reactive ketones (excluding diaryl/α,β-unsaturated/α-hetero) is 1. The Morgan fingerprint density at radius 2 is 2.04 bits per heavy atom. The fraction of sp³-hybridized carbons (Fsp3) is 0.294. The molecule has 0 spiro atoms. The van der Waals surface area contributed by atoms with Crippen molar-refractivity contribution in [3.63, 3.8) is 0 Å². The largest absolute Gasteiger partial charge is 0.497 e. The average molecular weight is 359 g/mol. The first-order valence-electron chi connectivity index (χ1n) is 7.69. The van der Waals surface area contributed by atoms with E-state index in [0.29, 0.717) is 23.1 Å². The van der Waals surface area contributed by atoms with E-state index in [0.717, 1.165) is 5.69 Å². The van der Waals surface area contributed by atoms with Crippen molar-refractivity contribution in [3.05, 3.63) is 35.3 Å². The van der Waals surface area contributed by atoms with Gasteiger partial charge in [-0.25, -0.2) is 4.98 Å². The Morgan fingerprint density at radius 3 is 2.64 bits per heavy atom. The molecule has 1 aromatic carbocycles. The van der Waals surface area contributed by atoms with Crippen LogP contribution >= 0.6 is 11.3 Å². The molecular weight excluding hydrogens is 342 g/mol. The first kappa shape index (κ1) is 17.1. The minimum absolute atomic E-state index is 0.103. The number of thiazole rings is 1. The second-order valence-corrected chi connectivity index (χ2v) is 6.54. The van der Waals surface area contributed by atoms with E-state index in [2.05, 4.69) is 10.3 Å². The van der Waals surface area contributed by atoms with Gasteiger partial charge in [-0.05, 0) is 24.3 Å². The molecule has 0 radical (unpaired) electrons. The van der Waals surface area contributed by atoms with E-state index in [4.69, 9.17) is 4.74 Å². The van der Waals surface area contributed by atoms with Crippen LogP contribution in [0.2, 0.25) is 0 Å². The number of aromatic nitrogens is 1. The van der Waals surface area contributed by atoms with Gasteiger partial charge in [-0.3, -0.25) is 14.4 Å². The summed E-state index contributed by atoms with van der Waals surface area (Å²) in [7, 11) is 1.58. The average Bonchev–Trinajstić information content (AvgIpc) is 3.22. The first-order valence-corrected chi connectivity index (χ1v) is 8.57. The van der Waals surface area contributed by atoms with Crippen molar-refractivity contribution in [1.82, 2.24) is 4.98 Å². The van der Waals surface area contributed by atoms with Gasteiger partial charge in [-0.15, -0.1) is 11.3 Å². The highest BCUT2D eigenvalue weighted by Gasteiger charge is 2.35. The topological polar surface area (TPSA) is 88.6 Å². The normalized spacial score (nSPS) is 16.8. The summed E-state index contributed by atoms with van der Waals surface area (Å²) in [5.41, 5.74) is 1.05. The second-order valence-electron chi connectivity index (χ2n) is 5.69. The molecule has 0 bridgehead atoms. The van der Waals surface area contributed by atoms with Crippen molar-refractivity contribution < 1.29 is 19.1 Å². The molecule has 1 N–H and O–H groups in total. The van der Waals surface area contributed by atoms with Gasteiger partial charge in [0.2, 0.25) is 11.8 Å². The number of carbonyl (C=O) groups is 3. The van der Waals surface area contributed by atoms with Crippen LogP contribution in [0, 0.1) is 5.92 Å². The van der Waals surface area contributed by atoms with E-state index in [9.17, 15) is 14.4 Å². The number of hydrogen-bond donors (Lipinski definition) is 1. The highest BCUT2D eigenvalue weighted by molar-refractivity contribution is 7.14. The van der Waals surface area contributed by atoms with Crippen LogP contribution in [-0.4, -0.2) is 36.2 Å². The number of nitrogens with zero attached hydrogens (tertiary/aromatic N) is 2. The highest BCUT2D eigenvalue weighted by Crippen LogP contribution is 2.28. The zero-order chi connectivity index (χ0) is 18.0. The van der Waals surface area contributed by atoms with Crippen LogP contribution in [-0.2, 0) is 9.59 Å². The zero-order valence-corrected chi connectivity index (χ0v) is 14.6. The van der Waals surface area contributed by atoms with E-state index in [1.54, 1.807) is 41.7 Å². The lowest BCUT2D eigenvalue weighted by Gasteiger charge is -2.16. The SMILES string of the molecule is COc1ccc(N2C[C@@H](C(=O)Nc3nc(C(C)=O)cs3)CC2=O)cc1. The first-order chi connectivity index (χ1) is 12.0. The molecule has 25 heavy (non-hydrogen) atoms. The summed E-state index contributed by atoms with van der Waals surface area (Å²) in [5.74, 6) is -0.282. The number of methoxy groups -OCH3 is 1. The van der Waals surface area contributed by atoms with Gasteiger partial charge in [0, 0.05) is 31.0 Å². The van der Waals surface area contributed by atoms with Gasteiger partial charge >= 0.3 is 0 Å². The smallest absolute Gasteiger partial charge is 0.231 e. The summed E-state index contributed by atoms with van der Waals surface area (Å²) >= 11 is 1.19. The minimum atomic E-state index is -0.459. The number of ether oxygens (including phenoxy) is 1. The van der Waals surface area contributed by atoms with Crippen molar-refractivity contribution >= 4 is 39.8 Å². The second kappa shape index (κ2) is 7.02. The molecule has 1 atom stereocenters. The molecule has 0 saturated carbocycles. The van der Waals surface area contributed by atoms with E-state index in [1.165, 1.54) is 18.3 Å². The summed E-state index contributed by atoms with van der Waals surface area (Å²) < 4.78 is 5.11. The van der Waals surface area contributed by atoms with Crippen molar-refractivity contribution in [3.8, 4) is 5.75 Å². The van der Waals surface area contributed by atoms with Crippen molar-refractivity contribution in [2.45, 2.75) is 13.3 Å². The van der Waals surface area contributed by atoms with Crippen LogP contribution in [0.15, 0.2) is 29.6 Å². The molecule has 130 valence electrons. The number of benzene rings is 1. The predicted molar refractivity (Wildman–Crippen MR) is 94.2 cm³/mol. The molecule has 0 unspecified atom stereocenters. The van der Waals surface area contributed by atoms with Crippen LogP contribution in [0.5, 0.6) is 5.75 Å². The molecule has 1 saturated heterocycles. The van der Waals surface area contributed by atoms with E-state index in [-0.39, 0.29) is 24.0 Å². The fourth-order valence-electron chi connectivity index (χ4n) is 2.60. The Hall–Kier alpha value is -2.74. The molecule has 1 fully saturated rings. The Kier molecular flexibility index (Phi) is 4.80. The van der Waals surface area contributed by atoms with E-state index < -0.39 is 5.92 Å². The van der Waals surface area contributed by atoms with Gasteiger partial charge < -0.3 is 15.0 Å². The van der Waals surface area contributed by atoms with Crippen LogP contribution in [0.25, 0.3) is 0 Å². The van der Waals surface area contributed by atoms with Gasteiger partial charge in [0.15, 0.2) is 10.9 Å². The van der Waals surface area contributed by atoms with Crippen molar-refractivity contribution in [2.24, 2.45) is 5.92 Å². The third kappa shape index (κ3) is 3.69. The standard InChI is InChI=1S/C17H17N3O4S/c1-10(21)14-9-25-17(18-14)19-16(23)11-7-15(22)20(8-11)12-3-5-13(24-2)6-4-12/h3-6,9,11H,7-8H2,1-2H3,(H,18,19,23)/t11-/m0/s1. The number of rotatable bonds is 5. The van der Waals surface area contributed by atoms with Crippen molar-refractivity contribution in [1.29, 1.82) is 0 Å². The third-order valence-electron chi connectivity index (χ3n) is 3.97. The van der Waals surface area contributed by atoms with Crippen LogP contribution in [0.3, 0.4) is 0 Å². The molecule has 2 heterocycles. The minimum Gasteiger partial charge on any atom is -0.497 e. The number of amides is 2. The Bertz CT molecular complexity index is 816. The molecule has 1 aliphatic rings. The maximum Gasteiger partial charge on any atom is 0.231 e. The van der Waals surface area contributed by atoms with Gasteiger partial charge in [0.05, 0.1) is 13.0 Å². The highest BCUT2D eigenvalue weighted by atomic mass is 32.1. The number of carbonyl (C=O) groups excluding carboxylic acids is 3. The number of ketones is 1. The summed E-state index contributed by atoms with van der Waals surface area (Å²) in [5, 5.41) is 4.65. The lowest BCUT2D eigenvalue weighted by molar-refractivity contribution is -0.122. The quantitative estimate of drug-likeness (QED) is 0.828. The molecule has 8 heteroatoms. The van der Waals surface area contributed by atoms with Crippen LogP contribution < -0.4 is 15.0 Å². The van der Waals surface area contributed by atoms with E-state index >= 15 is 0 Å². The lowest BCUT2D eigenvalue weighted by Crippen LogP contribution is -2.28. The van der Waals surface area contributed by atoms with Crippen LogP contribution in [0.1, 0.15) is 23.8 Å². The number of anilines is 2. The molecule has 1 aliphatic heterocycles. The molecule has 2 amide bonds. The van der Waals surface area contributed by atoms with Crippen molar-refractivity contribution in [2.75, 3.05) is 23.9 Å². The molecule has 0 aliphatic carbocycles. The van der Waals surface area contributed by atoms with Gasteiger partial charge in [-0.2, -0.15) is 0 Å². The number of hydrogen-bond acceptors (Lipinski definition) is 6. The fourth-order valence-corrected chi connectivity index (χ4v) is 3.35. The predicted octanol–water partition coefficient (Wildman–Crippen LogP) is 2.35. The number of nitrogens with one attached hydrogen (secondary N) is 1. The summed E-state index contributed by atoms with van der Waals surface area (Å²) in [6.45, 7) is 1.73. The Balaban J connectivity index is 1.66. The van der Waals surface area contributed by atoms with Gasteiger partial charge in [0.25, 0.3) is 0 Å². The zero-order valence-electron chi connectivity index (χ0n) is 13.8. The van der Waals surface area contributed by atoms with Crippen LogP contribution in [0.4, 0.5) is 10.8 Å². The molecule has 3 rings (SSSR count). The molecule has 1 aromatic heterocycles. The Labute approximate surface area is 148 Å². The van der Waals surface area contributed by atoms with E-state index in [1.807, 2.05) is 0 Å². The summed E-state index contributed by atoms with van der Waals surface area (Å²) in [6, 6.07) is 7.12. The molecule has 7 nitrogen and oxygen atoms in total. The summed E-state index contributed by atoms with van der Waals surface area (Å²) in [6.07, 6.45) is 0.142. The maximum absolute atomic E-state index is 12.4. The molecular formula is C17H17N3O4S. The monoisotopic (exact) mass is 359 g/mol. The third-order valence-corrected chi connectivity index (χ3v) is 4.73.